The largest absolute Gasteiger partial charge is 1.00 e. The Balaban J connectivity index is 0. The van der Waals surface area contributed by atoms with Gasteiger partial charge in [-0.15, -0.1) is 0 Å². The fourth-order valence-corrected chi connectivity index (χ4v) is 4.91. The summed E-state index contributed by atoms with van der Waals surface area (Å²) in [6.07, 6.45) is 20.4. The molecule has 1 N–H and O–H groups in total. The molecular formula is C24H49KO4S. The molecule has 0 fully saturated rings. The first-order valence-electron chi connectivity index (χ1n) is 12.5. The van der Waals surface area contributed by atoms with Crippen molar-refractivity contribution in [2.45, 2.75) is 154 Å². The Bertz CT molecular complexity index is 442. The van der Waals surface area contributed by atoms with Gasteiger partial charge < -0.3 is 9.66 Å². The summed E-state index contributed by atoms with van der Waals surface area (Å²) in [5.41, 5.74) is 0. The molecule has 0 aliphatic rings. The minimum Gasteiger partial charge on any atom is -0.748 e. The van der Waals surface area contributed by atoms with Crippen LogP contribution in [-0.4, -0.2) is 29.4 Å². The fraction of sp³-hybridized carbons (Fsp3) is 1.00. The van der Waals surface area contributed by atoms with Gasteiger partial charge in [-0.05, 0) is 25.7 Å². The molecule has 0 heterocycles. The van der Waals surface area contributed by atoms with Gasteiger partial charge in [-0.1, -0.05) is 117 Å². The molecule has 0 bridgehead atoms. The van der Waals surface area contributed by atoms with E-state index in [0.29, 0.717) is 12.8 Å². The minimum atomic E-state index is -4.21. The van der Waals surface area contributed by atoms with Crippen LogP contribution in [0.3, 0.4) is 0 Å². The van der Waals surface area contributed by atoms with E-state index in [1.165, 1.54) is 64.2 Å². The smallest absolute Gasteiger partial charge is 0.748 e. The zero-order chi connectivity index (χ0) is 21.8. The van der Waals surface area contributed by atoms with Gasteiger partial charge in [0.05, 0.1) is 16.2 Å². The summed E-state index contributed by atoms with van der Waals surface area (Å²) < 4.78 is 34.6. The maximum Gasteiger partial charge on any atom is 1.00 e. The zero-order valence-corrected chi connectivity index (χ0v) is 24.3. The van der Waals surface area contributed by atoms with Crippen LogP contribution in [0.4, 0.5) is 0 Å². The van der Waals surface area contributed by atoms with Gasteiger partial charge in [0, 0.05) is 5.25 Å². The Morgan fingerprint density at radius 2 is 0.900 bits per heavy atom. The first-order chi connectivity index (χ1) is 13.9. The van der Waals surface area contributed by atoms with E-state index < -0.39 is 15.4 Å². The van der Waals surface area contributed by atoms with Crippen molar-refractivity contribution >= 4 is 10.1 Å². The molecule has 4 nitrogen and oxygen atoms in total. The van der Waals surface area contributed by atoms with Crippen LogP contribution in [0.5, 0.6) is 0 Å². The van der Waals surface area contributed by atoms with Gasteiger partial charge in [0.2, 0.25) is 0 Å². The molecule has 0 amide bonds. The standard InChI is InChI=1S/C24H50O4S.K/c1-3-5-7-9-10-11-12-14-16-21-24(29(26,27)28)22-18-17-20-23(25)19-15-13-8-6-4-2;/h23-25H,3-22H2,1-2H3,(H,26,27,28);/q;+1/p-1. The van der Waals surface area contributed by atoms with E-state index in [1.807, 2.05) is 0 Å². The van der Waals surface area contributed by atoms with E-state index in [4.69, 9.17) is 0 Å². The zero-order valence-electron chi connectivity index (χ0n) is 20.4. The van der Waals surface area contributed by atoms with Crippen molar-refractivity contribution in [2.75, 3.05) is 0 Å². The molecule has 0 aliphatic carbocycles. The monoisotopic (exact) mass is 472 g/mol. The van der Waals surface area contributed by atoms with Crippen LogP contribution in [0.25, 0.3) is 0 Å². The van der Waals surface area contributed by atoms with Crippen LogP contribution in [0.15, 0.2) is 0 Å². The van der Waals surface area contributed by atoms with Crippen molar-refractivity contribution in [3.05, 3.63) is 0 Å². The molecule has 0 saturated carbocycles. The van der Waals surface area contributed by atoms with E-state index >= 15 is 0 Å². The summed E-state index contributed by atoms with van der Waals surface area (Å²) in [6.45, 7) is 4.41. The summed E-state index contributed by atoms with van der Waals surface area (Å²) in [5, 5.41) is 9.30. The van der Waals surface area contributed by atoms with Crippen molar-refractivity contribution in [1.29, 1.82) is 0 Å². The summed E-state index contributed by atoms with van der Waals surface area (Å²) in [6, 6.07) is 0. The van der Waals surface area contributed by atoms with Crippen molar-refractivity contribution < 1.29 is 69.5 Å². The number of rotatable bonds is 22. The maximum absolute atomic E-state index is 11.5. The quantitative estimate of drug-likeness (QED) is 0.146. The van der Waals surface area contributed by atoms with Gasteiger partial charge in [0.15, 0.2) is 0 Å². The number of aliphatic hydroxyl groups excluding tert-OH is 1. The van der Waals surface area contributed by atoms with E-state index in [2.05, 4.69) is 13.8 Å². The van der Waals surface area contributed by atoms with Crippen molar-refractivity contribution in [3.8, 4) is 0 Å². The third kappa shape index (κ3) is 22.7. The molecule has 0 saturated heterocycles. The van der Waals surface area contributed by atoms with Crippen LogP contribution >= 0.6 is 0 Å². The van der Waals surface area contributed by atoms with Gasteiger partial charge in [-0.25, -0.2) is 8.42 Å². The minimum absolute atomic E-state index is 0. The van der Waals surface area contributed by atoms with E-state index in [-0.39, 0.29) is 57.5 Å². The van der Waals surface area contributed by atoms with Crippen LogP contribution in [0, 0.1) is 0 Å². The predicted octanol–water partition coefficient (Wildman–Crippen LogP) is 4.11. The summed E-state index contributed by atoms with van der Waals surface area (Å²) >= 11 is 0. The second-order valence-electron chi connectivity index (χ2n) is 8.87. The SMILES string of the molecule is CCCCCCCCCCCC(CCCCC(O)CCCCCCC)S(=O)(=O)[O-].[K+]. The third-order valence-electron chi connectivity index (χ3n) is 5.99. The average molecular weight is 473 g/mol. The first-order valence-corrected chi connectivity index (χ1v) is 14.0. The van der Waals surface area contributed by atoms with Crippen LogP contribution < -0.4 is 51.4 Å². The van der Waals surface area contributed by atoms with Gasteiger partial charge in [-0.2, -0.15) is 0 Å². The Morgan fingerprint density at radius 3 is 1.30 bits per heavy atom. The van der Waals surface area contributed by atoms with E-state index in [9.17, 15) is 18.1 Å². The maximum atomic E-state index is 11.5. The molecule has 0 aromatic carbocycles. The molecule has 6 heteroatoms. The molecular weight excluding hydrogens is 423 g/mol. The van der Waals surface area contributed by atoms with Crippen molar-refractivity contribution in [2.24, 2.45) is 0 Å². The molecule has 0 rings (SSSR count). The van der Waals surface area contributed by atoms with Gasteiger partial charge in [0.25, 0.3) is 0 Å². The Kier molecular flexibility index (Phi) is 26.6. The van der Waals surface area contributed by atoms with Gasteiger partial charge in [-0.3, -0.25) is 0 Å². The molecule has 0 radical (unpaired) electrons. The molecule has 2 atom stereocenters. The predicted molar refractivity (Wildman–Crippen MR) is 123 cm³/mol. The third-order valence-corrected chi connectivity index (χ3v) is 7.28. The second-order valence-corrected chi connectivity index (χ2v) is 10.5. The second kappa shape index (κ2) is 23.7. The van der Waals surface area contributed by atoms with Crippen molar-refractivity contribution in [3.63, 3.8) is 0 Å². The summed E-state index contributed by atoms with van der Waals surface area (Å²) in [4.78, 5) is 0. The van der Waals surface area contributed by atoms with Crippen LogP contribution in [-0.2, 0) is 10.1 Å². The van der Waals surface area contributed by atoms with E-state index in [1.54, 1.807) is 0 Å². The fourth-order valence-electron chi connectivity index (χ4n) is 4.00. The van der Waals surface area contributed by atoms with Crippen molar-refractivity contribution in [1.82, 2.24) is 0 Å². The number of unbranched alkanes of at least 4 members (excludes halogenated alkanes) is 13. The molecule has 0 aromatic heterocycles. The molecule has 0 aromatic rings. The topological polar surface area (TPSA) is 77.4 Å². The molecule has 0 spiro atoms. The molecule has 2 unspecified atom stereocenters. The Labute approximate surface area is 230 Å². The van der Waals surface area contributed by atoms with Gasteiger partial charge >= 0.3 is 51.4 Å². The molecule has 30 heavy (non-hydrogen) atoms. The summed E-state index contributed by atoms with van der Waals surface area (Å²) in [5.74, 6) is 0. The number of hydrogen-bond donors (Lipinski definition) is 1. The summed E-state index contributed by atoms with van der Waals surface area (Å²) in [7, 11) is -4.21. The van der Waals surface area contributed by atoms with Gasteiger partial charge in [0.1, 0.15) is 0 Å². The number of hydrogen-bond acceptors (Lipinski definition) is 4. The van der Waals surface area contributed by atoms with Crippen LogP contribution in [0.1, 0.15) is 142 Å². The molecule has 0 aliphatic heterocycles. The van der Waals surface area contributed by atoms with Crippen LogP contribution in [0.2, 0.25) is 0 Å². The Morgan fingerprint density at radius 1 is 0.600 bits per heavy atom. The number of aliphatic hydroxyl groups is 1. The van der Waals surface area contributed by atoms with E-state index in [0.717, 1.165) is 51.4 Å². The average Bonchev–Trinajstić information content (AvgIpc) is 2.67. The normalized spacial score (nSPS) is 13.7. The molecule has 176 valence electrons. The first kappa shape index (κ1) is 33.7. The Hall–Kier alpha value is 1.51.